The van der Waals surface area contributed by atoms with Crippen molar-refractivity contribution in [3.63, 3.8) is 0 Å². The van der Waals surface area contributed by atoms with Crippen molar-refractivity contribution in [3.8, 4) is 0 Å². The van der Waals surface area contributed by atoms with Gasteiger partial charge in [-0.3, -0.25) is 14.7 Å². The van der Waals surface area contributed by atoms with Gasteiger partial charge in [-0.15, -0.1) is 0 Å². The van der Waals surface area contributed by atoms with E-state index in [1.807, 2.05) is 29.4 Å². The highest BCUT2D eigenvalue weighted by atomic mass is 16.5. The van der Waals surface area contributed by atoms with Gasteiger partial charge in [-0.2, -0.15) is 0 Å². The van der Waals surface area contributed by atoms with Crippen LogP contribution in [0.3, 0.4) is 0 Å². The zero-order valence-electron chi connectivity index (χ0n) is 13.3. The van der Waals surface area contributed by atoms with Crippen molar-refractivity contribution < 1.29 is 14.3 Å². The number of aromatic nitrogens is 1. The summed E-state index contributed by atoms with van der Waals surface area (Å²) in [5.74, 6) is 0.199. The molecule has 0 bridgehead atoms. The van der Waals surface area contributed by atoms with E-state index in [9.17, 15) is 4.79 Å². The van der Waals surface area contributed by atoms with Crippen LogP contribution in [0.4, 0.5) is 0 Å². The van der Waals surface area contributed by atoms with Crippen molar-refractivity contribution >= 4 is 5.91 Å². The van der Waals surface area contributed by atoms with Gasteiger partial charge in [-0.1, -0.05) is 0 Å². The summed E-state index contributed by atoms with van der Waals surface area (Å²) in [4.78, 5) is 21.3. The normalized spacial score (nSPS) is 31.3. The van der Waals surface area contributed by atoms with Crippen LogP contribution in [0.5, 0.6) is 0 Å². The first-order valence-electron chi connectivity index (χ1n) is 8.44. The van der Waals surface area contributed by atoms with Gasteiger partial charge in [-0.25, -0.2) is 0 Å². The van der Waals surface area contributed by atoms with Crippen molar-refractivity contribution in [2.24, 2.45) is 5.92 Å². The molecule has 4 heterocycles. The Morgan fingerprint density at radius 3 is 2.78 bits per heavy atom. The van der Waals surface area contributed by atoms with E-state index in [-0.39, 0.29) is 17.9 Å². The number of likely N-dealkylation sites (tertiary alicyclic amines) is 1. The molecule has 1 amide bonds. The maximum Gasteiger partial charge on any atom is 0.229 e. The number of hydrogen-bond acceptors (Lipinski definition) is 5. The SMILES string of the molecule is O=C([C@H]1CN(Cc2ccncc2)[C@@H]2CCO[C@H]12)N1CCOCC1. The van der Waals surface area contributed by atoms with Crippen molar-refractivity contribution in [1.29, 1.82) is 0 Å². The molecule has 124 valence electrons. The van der Waals surface area contributed by atoms with Gasteiger partial charge in [0.1, 0.15) is 0 Å². The van der Waals surface area contributed by atoms with Gasteiger partial charge in [0, 0.05) is 51.2 Å². The molecule has 23 heavy (non-hydrogen) atoms. The van der Waals surface area contributed by atoms with E-state index in [0.717, 1.165) is 26.1 Å². The monoisotopic (exact) mass is 317 g/mol. The molecule has 3 aliphatic rings. The van der Waals surface area contributed by atoms with E-state index in [2.05, 4.69) is 9.88 Å². The molecule has 4 rings (SSSR count). The summed E-state index contributed by atoms with van der Waals surface area (Å²) in [6, 6.07) is 4.45. The van der Waals surface area contributed by atoms with Crippen LogP contribution < -0.4 is 0 Å². The van der Waals surface area contributed by atoms with E-state index in [1.54, 1.807) is 0 Å². The van der Waals surface area contributed by atoms with E-state index in [1.165, 1.54) is 5.56 Å². The molecule has 6 heteroatoms. The van der Waals surface area contributed by atoms with Gasteiger partial charge in [0.15, 0.2) is 0 Å². The number of rotatable bonds is 3. The van der Waals surface area contributed by atoms with E-state index in [4.69, 9.17) is 9.47 Å². The molecule has 3 fully saturated rings. The molecular weight excluding hydrogens is 294 g/mol. The molecule has 0 N–H and O–H groups in total. The minimum absolute atomic E-state index is 0.0394. The highest BCUT2D eigenvalue weighted by Gasteiger charge is 2.49. The largest absolute Gasteiger partial charge is 0.378 e. The second-order valence-electron chi connectivity index (χ2n) is 6.52. The number of nitrogens with zero attached hydrogens (tertiary/aromatic N) is 3. The highest BCUT2D eigenvalue weighted by Crippen LogP contribution is 2.35. The second-order valence-corrected chi connectivity index (χ2v) is 6.52. The van der Waals surface area contributed by atoms with Crippen LogP contribution in [-0.2, 0) is 20.8 Å². The molecule has 3 saturated heterocycles. The Bertz CT molecular complexity index is 547. The van der Waals surface area contributed by atoms with Crippen LogP contribution in [0.25, 0.3) is 0 Å². The molecule has 1 aromatic heterocycles. The molecule has 0 saturated carbocycles. The number of fused-ring (bicyclic) bond motifs is 1. The number of hydrogen-bond donors (Lipinski definition) is 0. The first-order chi connectivity index (χ1) is 11.3. The van der Waals surface area contributed by atoms with Crippen LogP contribution in [0.15, 0.2) is 24.5 Å². The Kier molecular flexibility index (Phi) is 4.29. The Hall–Kier alpha value is -1.50. The van der Waals surface area contributed by atoms with Gasteiger partial charge in [0.25, 0.3) is 0 Å². The average Bonchev–Trinajstić information content (AvgIpc) is 3.20. The van der Waals surface area contributed by atoms with Crippen molar-refractivity contribution in [3.05, 3.63) is 30.1 Å². The smallest absolute Gasteiger partial charge is 0.229 e. The summed E-state index contributed by atoms with van der Waals surface area (Å²) in [6.45, 7) is 5.11. The van der Waals surface area contributed by atoms with Gasteiger partial charge in [-0.05, 0) is 24.1 Å². The fraction of sp³-hybridized carbons (Fsp3) is 0.647. The number of amides is 1. The minimum atomic E-state index is -0.0394. The molecule has 0 aromatic carbocycles. The van der Waals surface area contributed by atoms with Crippen LogP contribution >= 0.6 is 0 Å². The molecule has 0 radical (unpaired) electrons. The molecule has 1 aromatic rings. The zero-order chi connectivity index (χ0) is 15.6. The molecule has 0 unspecified atom stereocenters. The topological polar surface area (TPSA) is 54.9 Å². The first kappa shape index (κ1) is 15.1. The summed E-state index contributed by atoms with van der Waals surface area (Å²) >= 11 is 0. The van der Waals surface area contributed by atoms with Gasteiger partial charge >= 0.3 is 0 Å². The zero-order valence-corrected chi connectivity index (χ0v) is 13.3. The predicted molar refractivity (Wildman–Crippen MR) is 83.7 cm³/mol. The van der Waals surface area contributed by atoms with Gasteiger partial charge in [0.2, 0.25) is 5.91 Å². The van der Waals surface area contributed by atoms with Crippen LogP contribution in [0, 0.1) is 5.92 Å². The van der Waals surface area contributed by atoms with Gasteiger partial charge < -0.3 is 14.4 Å². The van der Waals surface area contributed by atoms with Crippen LogP contribution in [0.1, 0.15) is 12.0 Å². The maximum atomic E-state index is 12.9. The summed E-state index contributed by atoms with van der Waals surface area (Å²) in [5.41, 5.74) is 1.24. The predicted octanol–water partition coefficient (Wildman–Crippen LogP) is 0.530. The minimum Gasteiger partial charge on any atom is -0.378 e. The molecule has 0 spiro atoms. The van der Waals surface area contributed by atoms with Crippen molar-refractivity contribution in [1.82, 2.24) is 14.8 Å². The van der Waals surface area contributed by atoms with Crippen molar-refractivity contribution in [2.45, 2.75) is 25.1 Å². The lowest BCUT2D eigenvalue weighted by Gasteiger charge is -2.30. The van der Waals surface area contributed by atoms with Crippen molar-refractivity contribution in [2.75, 3.05) is 39.5 Å². The molecule has 0 aliphatic carbocycles. The number of ether oxygens (including phenoxy) is 2. The Morgan fingerprint density at radius 2 is 2.00 bits per heavy atom. The Labute approximate surface area is 136 Å². The highest BCUT2D eigenvalue weighted by molar-refractivity contribution is 5.80. The standard InChI is InChI=1S/C17H23N3O3/c21-17(19-6-9-22-10-7-19)14-12-20(15-3-8-23-16(14)15)11-13-1-4-18-5-2-13/h1-2,4-5,14-16H,3,6-12H2/t14-,15+,16+/m0/s1. The first-order valence-corrected chi connectivity index (χ1v) is 8.44. The lowest BCUT2D eigenvalue weighted by Crippen LogP contribution is -2.46. The second kappa shape index (κ2) is 6.55. The van der Waals surface area contributed by atoms with E-state index in [0.29, 0.717) is 32.3 Å². The molecule has 3 atom stereocenters. The lowest BCUT2D eigenvalue weighted by molar-refractivity contribution is -0.142. The van der Waals surface area contributed by atoms with E-state index < -0.39 is 0 Å². The number of carbonyl (C=O) groups is 1. The summed E-state index contributed by atoms with van der Waals surface area (Å²) in [6.07, 6.45) is 4.71. The maximum absolute atomic E-state index is 12.9. The number of carbonyl (C=O) groups excluding carboxylic acids is 1. The molecule has 3 aliphatic heterocycles. The third-order valence-electron chi connectivity index (χ3n) is 5.17. The Morgan fingerprint density at radius 1 is 1.22 bits per heavy atom. The molecular formula is C17H23N3O3. The third kappa shape index (κ3) is 2.98. The summed E-state index contributed by atoms with van der Waals surface area (Å²) in [5, 5.41) is 0. The van der Waals surface area contributed by atoms with Gasteiger partial charge in [0.05, 0.1) is 25.2 Å². The fourth-order valence-electron chi connectivity index (χ4n) is 4.01. The summed E-state index contributed by atoms with van der Waals surface area (Å²) < 4.78 is 11.3. The fourth-order valence-corrected chi connectivity index (χ4v) is 4.01. The third-order valence-corrected chi connectivity index (χ3v) is 5.17. The lowest BCUT2D eigenvalue weighted by atomic mass is 10.00. The quantitative estimate of drug-likeness (QED) is 0.814. The van der Waals surface area contributed by atoms with Crippen LogP contribution in [-0.4, -0.2) is 72.3 Å². The Balaban J connectivity index is 1.47. The number of morpholine rings is 1. The van der Waals surface area contributed by atoms with E-state index >= 15 is 0 Å². The average molecular weight is 317 g/mol. The summed E-state index contributed by atoms with van der Waals surface area (Å²) in [7, 11) is 0. The molecule has 6 nitrogen and oxygen atoms in total. The van der Waals surface area contributed by atoms with Crippen LogP contribution in [0.2, 0.25) is 0 Å². The number of pyridine rings is 1.